The average molecular weight is 252 g/mol. The van der Waals surface area contributed by atoms with Crippen LogP contribution < -0.4 is 5.73 Å². The molecule has 2 aliphatic rings. The van der Waals surface area contributed by atoms with Crippen LogP contribution in [-0.2, 0) is 0 Å². The van der Waals surface area contributed by atoms with Gasteiger partial charge in [-0.15, -0.1) is 0 Å². The van der Waals surface area contributed by atoms with Crippen molar-refractivity contribution in [1.82, 2.24) is 4.90 Å². The molecule has 0 radical (unpaired) electrons. The molecule has 2 heteroatoms. The highest BCUT2D eigenvalue weighted by Gasteiger charge is 2.45. The smallest absolute Gasteiger partial charge is 0.0334 e. The third-order valence-electron chi connectivity index (χ3n) is 5.52. The largest absolute Gasteiger partial charge is 0.329 e. The maximum atomic E-state index is 6.15. The molecule has 0 aromatic heterocycles. The van der Waals surface area contributed by atoms with Gasteiger partial charge >= 0.3 is 0 Å². The van der Waals surface area contributed by atoms with Gasteiger partial charge in [-0.1, -0.05) is 33.1 Å². The van der Waals surface area contributed by atoms with E-state index in [2.05, 4.69) is 25.8 Å². The average Bonchev–Trinajstić information content (AvgIpc) is 2.68. The molecule has 0 spiro atoms. The molecule has 106 valence electrons. The van der Waals surface area contributed by atoms with E-state index in [9.17, 15) is 0 Å². The fourth-order valence-electron chi connectivity index (χ4n) is 4.25. The van der Waals surface area contributed by atoms with Crippen molar-refractivity contribution >= 4 is 0 Å². The van der Waals surface area contributed by atoms with Crippen LogP contribution in [0.5, 0.6) is 0 Å². The molecular formula is C16H32N2. The predicted molar refractivity (Wildman–Crippen MR) is 78.6 cm³/mol. The van der Waals surface area contributed by atoms with Crippen molar-refractivity contribution in [3.8, 4) is 0 Å². The fourth-order valence-corrected chi connectivity index (χ4v) is 4.25. The highest BCUT2D eigenvalue weighted by Crippen LogP contribution is 2.46. The summed E-state index contributed by atoms with van der Waals surface area (Å²) in [7, 11) is 2.32. The molecule has 2 N–H and O–H groups in total. The van der Waals surface area contributed by atoms with Gasteiger partial charge in [0.2, 0.25) is 0 Å². The number of nitrogens with two attached hydrogens (primary N) is 1. The van der Waals surface area contributed by atoms with Crippen molar-refractivity contribution in [2.24, 2.45) is 17.1 Å². The van der Waals surface area contributed by atoms with Crippen LogP contribution >= 0.6 is 0 Å². The Hall–Kier alpha value is -0.0800. The van der Waals surface area contributed by atoms with E-state index >= 15 is 0 Å². The lowest BCUT2D eigenvalue weighted by Crippen LogP contribution is -2.52. The third kappa shape index (κ3) is 3.08. The minimum atomic E-state index is 0.293. The SMILES string of the molecule is CN(CC1CCCCC1)C1(CN)CCC(C)(C)C1. The Morgan fingerprint density at radius 2 is 1.78 bits per heavy atom. The van der Waals surface area contributed by atoms with E-state index < -0.39 is 0 Å². The summed E-state index contributed by atoms with van der Waals surface area (Å²) in [6.45, 7) is 6.91. The maximum Gasteiger partial charge on any atom is 0.0334 e. The lowest BCUT2D eigenvalue weighted by molar-refractivity contribution is 0.0908. The topological polar surface area (TPSA) is 29.3 Å². The molecule has 2 nitrogen and oxygen atoms in total. The molecule has 0 bridgehead atoms. The highest BCUT2D eigenvalue weighted by molar-refractivity contribution is 5.01. The van der Waals surface area contributed by atoms with Crippen molar-refractivity contribution in [3.05, 3.63) is 0 Å². The van der Waals surface area contributed by atoms with E-state index in [0.717, 1.165) is 12.5 Å². The van der Waals surface area contributed by atoms with Gasteiger partial charge in [-0.05, 0) is 50.5 Å². The first kappa shape index (κ1) is 14.3. The lowest BCUT2D eigenvalue weighted by atomic mass is 9.84. The first-order valence-electron chi connectivity index (χ1n) is 7.89. The van der Waals surface area contributed by atoms with Gasteiger partial charge < -0.3 is 5.73 Å². The second-order valence-electron chi connectivity index (χ2n) is 7.65. The van der Waals surface area contributed by atoms with Crippen LogP contribution in [0.1, 0.15) is 65.2 Å². The number of hydrogen-bond donors (Lipinski definition) is 1. The zero-order chi connectivity index (χ0) is 13.2. The monoisotopic (exact) mass is 252 g/mol. The molecule has 1 atom stereocenters. The van der Waals surface area contributed by atoms with Gasteiger partial charge in [0.1, 0.15) is 0 Å². The van der Waals surface area contributed by atoms with Crippen LogP contribution in [-0.4, -0.2) is 30.6 Å². The standard InChI is InChI=1S/C16H32N2/c1-15(2)9-10-16(12-15,13-17)18(3)11-14-7-5-4-6-8-14/h14H,4-13,17H2,1-3H3. The maximum absolute atomic E-state index is 6.15. The van der Waals surface area contributed by atoms with E-state index in [-0.39, 0.29) is 0 Å². The summed E-state index contributed by atoms with van der Waals surface area (Å²) < 4.78 is 0. The molecule has 2 aliphatic carbocycles. The molecule has 2 saturated carbocycles. The van der Waals surface area contributed by atoms with Crippen molar-refractivity contribution < 1.29 is 0 Å². The van der Waals surface area contributed by atoms with Crippen LogP contribution in [0.4, 0.5) is 0 Å². The quantitative estimate of drug-likeness (QED) is 0.831. The molecule has 2 rings (SSSR count). The number of likely N-dealkylation sites (N-methyl/N-ethyl adjacent to an activating group) is 1. The van der Waals surface area contributed by atoms with E-state index in [1.54, 1.807) is 0 Å². The first-order valence-corrected chi connectivity index (χ1v) is 7.89. The minimum absolute atomic E-state index is 0.293. The zero-order valence-corrected chi connectivity index (χ0v) is 12.7. The Morgan fingerprint density at radius 3 is 2.28 bits per heavy atom. The summed E-state index contributed by atoms with van der Waals surface area (Å²) in [6.07, 6.45) is 11.1. The predicted octanol–water partition coefficient (Wildman–Crippen LogP) is 3.41. The Balaban J connectivity index is 1.95. The number of rotatable bonds is 4. The molecule has 0 aromatic carbocycles. The van der Waals surface area contributed by atoms with E-state index in [1.807, 2.05) is 0 Å². The molecule has 0 amide bonds. The summed E-state index contributed by atoms with van der Waals surface area (Å²) in [5, 5.41) is 0. The van der Waals surface area contributed by atoms with E-state index in [1.165, 1.54) is 57.9 Å². The molecule has 0 heterocycles. The summed E-state index contributed by atoms with van der Waals surface area (Å²) >= 11 is 0. The molecule has 2 fully saturated rings. The van der Waals surface area contributed by atoms with Crippen LogP contribution in [0, 0.1) is 11.3 Å². The molecular weight excluding hydrogens is 220 g/mol. The minimum Gasteiger partial charge on any atom is -0.329 e. The second kappa shape index (κ2) is 5.50. The van der Waals surface area contributed by atoms with Gasteiger partial charge in [-0.25, -0.2) is 0 Å². The number of hydrogen-bond acceptors (Lipinski definition) is 2. The van der Waals surface area contributed by atoms with Gasteiger partial charge in [0.15, 0.2) is 0 Å². The summed E-state index contributed by atoms with van der Waals surface area (Å²) in [6, 6.07) is 0. The molecule has 0 aromatic rings. The highest BCUT2D eigenvalue weighted by atomic mass is 15.2. The van der Waals surface area contributed by atoms with Gasteiger partial charge in [0, 0.05) is 18.6 Å². The summed E-state index contributed by atoms with van der Waals surface area (Å²) in [5.74, 6) is 0.927. The molecule has 0 aliphatic heterocycles. The van der Waals surface area contributed by atoms with Crippen LogP contribution in [0.25, 0.3) is 0 Å². The normalized spacial score (nSPS) is 33.2. The third-order valence-corrected chi connectivity index (χ3v) is 5.52. The molecule has 1 unspecified atom stereocenters. The molecule has 18 heavy (non-hydrogen) atoms. The van der Waals surface area contributed by atoms with E-state index in [0.29, 0.717) is 11.0 Å². The Bertz CT molecular complexity index is 268. The van der Waals surface area contributed by atoms with Gasteiger partial charge in [0.05, 0.1) is 0 Å². The Morgan fingerprint density at radius 1 is 1.11 bits per heavy atom. The van der Waals surface area contributed by atoms with Crippen LogP contribution in [0.3, 0.4) is 0 Å². The summed E-state index contributed by atoms with van der Waals surface area (Å²) in [4.78, 5) is 2.62. The Kier molecular flexibility index (Phi) is 4.38. The van der Waals surface area contributed by atoms with Gasteiger partial charge in [-0.2, -0.15) is 0 Å². The second-order valence-corrected chi connectivity index (χ2v) is 7.65. The number of nitrogens with zero attached hydrogens (tertiary/aromatic N) is 1. The molecule has 0 saturated heterocycles. The zero-order valence-electron chi connectivity index (χ0n) is 12.7. The van der Waals surface area contributed by atoms with Gasteiger partial charge in [-0.3, -0.25) is 4.90 Å². The fraction of sp³-hybridized carbons (Fsp3) is 1.00. The summed E-state index contributed by atoms with van der Waals surface area (Å²) in [5.41, 5.74) is 6.93. The van der Waals surface area contributed by atoms with Crippen LogP contribution in [0.15, 0.2) is 0 Å². The van der Waals surface area contributed by atoms with Crippen LogP contribution in [0.2, 0.25) is 0 Å². The Labute approximate surface area is 113 Å². The van der Waals surface area contributed by atoms with Crippen molar-refractivity contribution in [3.63, 3.8) is 0 Å². The first-order chi connectivity index (χ1) is 8.47. The van der Waals surface area contributed by atoms with Gasteiger partial charge in [0.25, 0.3) is 0 Å². The lowest BCUT2D eigenvalue weighted by Gasteiger charge is -2.41. The van der Waals surface area contributed by atoms with Crippen molar-refractivity contribution in [2.45, 2.75) is 70.8 Å². The van der Waals surface area contributed by atoms with E-state index in [4.69, 9.17) is 5.73 Å². The van der Waals surface area contributed by atoms with Crippen molar-refractivity contribution in [1.29, 1.82) is 0 Å². The van der Waals surface area contributed by atoms with Crippen molar-refractivity contribution in [2.75, 3.05) is 20.1 Å².